The second kappa shape index (κ2) is 7.06. The van der Waals surface area contributed by atoms with E-state index in [9.17, 15) is 8.42 Å². The molecule has 0 amide bonds. The number of hydrogen-bond acceptors (Lipinski definition) is 4. The molecule has 114 valence electrons. The molecule has 0 fully saturated rings. The summed E-state index contributed by atoms with van der Waals surface area (Å²) in [6.07, 6.45) is 1.67. The molecular formula is C14H23NO4S. The monoisotopic (exact) mass is 301 g/mol. The van der Waals surface area contributed by atoms with Gasteiger partial charge in [0.25, 0.3) is 0 Å². The van der Waals surface area contributed by atoms with Crippen molar-refractivity contribution in [3.63, 3.8) is 0 Å². The molecule has 1 aromatic rings. The number of nitrogens with one attached hydrogen (secondary N) is 1. The van der Waals surface area contributed by atoms with Gasteiger partial charge >= 0.3 is 0 Å². The Labute approximate surface area is 121 Å². The van der Waals surface area contributed by atoms with Gasteiger partial charge < -0.3 is 9.84 Å². The molecule has 1 rings (SSSR count). The standard InChI is InChI=1S/C14H23NO4S/c1-4-9-14(2,3)15-20(17,18)13-7-5-12(6-8-13)19-11-10-16/h5-8,15-16H,4,9-11H2,1-3H3. The lowest BCUT2D eigenvalue weighted by atomic mass is 10.0. The van der Waals surface area contributed by atoms with Crippen LogP contribution in [0.25, 0.3) is 0 Å². The van der Waals surface area contributed by atoms with Crippen molar-refractivity contribution in [3.05, 3.63) is 24.3 Å². The highest BCUT2D eigenvalue weighted by Gasteiger charge is 2.25. The van der Waals surface area contributed by atoms with Gasteiger partial charge in [0.05, 0.1) is 11.5 Å². The van der Waals surface area contributed by atoms with Crippen LogP contribution in [-0.4, -0.2) is 32.3 Å². The zero-order chi connectivity index (χ0) is 15.2. The maximum atomic E-state index is 12.3. The van der Waals surface area contributed by atoms with Gasteiger partial charge in [-0.1, -0.05) is 13.3 Å². The third kappa shape index (κ3) is 5.11. The highest BCUT2D eigenvalue weighted by atomic mass is 32.2. The van der Waals surface area contributed by atoms with Crippen LogP contribution < -0.4 is 9.46 Å². The van der Waals surface area contributed by atoms with Crippen LogP contribution in [0, 0.1) is 0 Å². The summed E-state index contributed by atoms with van der Waals surface area (Å²) in [4.78, 5) is 0.207. The quantitative estimate of drug-likeness (QED) is 0.769. The first-order valence-corrected chi connectivity index (χ1v) is 8.17. The van der Waals surface area contributed by atoms with Crippen molar-refractivity contribution in [2.45, 2.75) is 44.0 Å². The Hall–Kier alpha value is -1.11. The van der Waals surface area contributed by atoms with E-state index in [0.717, 1.165) is 12.8 Å². The molecule has 0 radical (unpaired) electrons. The minimum Gasteiger partial charge on any atom is -0.491 e. The molecule has 0 aliphatic rings. The number of aliphatic hydroxyl groups excluding tert-OH is 1. The van der Waals surface area contributed by atoms with Crippen molar-refractivity contribution in [1.29, 1.82) is 0 Å². The molecule has 0 aromatic heterocycles. The molecule has 2 N–H and O–H groups in total. The number of rotatable bonds is 8. The highest BCUT2D eigenvalue weighted by Crippen LogP contribution is 2.19. The molecule has 0 atom stereocenters. The van der Waals surface area contributed by atoms with Gasteiger partial charge in [-0.2, -0.15) is 0 Å². The summed E-state index contributed by atoms with van der Waals surface area (Å²) >= 11 is 0. The fraction of sp³-hybridized carbons (Fsp3) is 0.571. The minimum atomic E-state index is -3.53. The molecule has 5 nitrogen and oxygen atoms in total. The van der Waals surface area contributed by atoms with Gasteiger partial charge in [-0.05, 0) is 44.5 Å². The second-order valence-electron chi connectivity index (χ2n) is 5.28. The smallest absolute Gasteiger partial charge is 0.241 e. The Morgan fingerprint density at radius 2 is 1.85 bits per heavy atom. The average molecular weight is 301 g/mol. The van der Waals surface area contributed by atoms with E-state index in [4.69, 9.17) is 9.84 Å². The normalized spacial score (nSPS) is 12.4. The molecule has 0 heterocycles. The van der Waals surface area contributed by atoms with E-state index in [1.165, 1.54) is 12.1 Å². The Balaban J connectivity index is 2.82. The third-order valence-electron chi connectivity index (χ3n) is 2.78. The Bertz CT molecular complexity index is 508. The summed E-state index contributed by atoms with van der Waals surface area (Å²) in [6.45, 7) is 5.86. The first-order chi connectivity index (χ1) is 9.30. The van der Waals surface area contributed by atoms with Gasteiger partial charge in [-0.25, -0.2) is 13.1 Å². The fourth-order valence-electron chi connectivity index (χ4n) is 1.98. The maximum Gasteiger partial charge on any atom is 0.241 e. The van der Waals surface area contributed by atoms with Crippen LogP contribution in [0.15, 0.2) is 29.2 Å². The topological polar surface area (TPSA) is 75.6 Å². The van der Waals surface area contributed by atoms with Gasteiger partial charge in [-0.3, -0.25) is 0 Å². The zero-order valence-corrected chi connectivity index (χ0v) is 13.0. The summed E-state index contributed by atoms with van der Waals surface area (Å²) in [7, 11) is -3.53. The van der Waals surface area contributed by atoms with E-state index in [1.807, 2.05) is 20.8 Å². The lowest BCUT2D eigenvalue weighted by Crippen LogP contribution is -2.43. The van der Waals surface area contributed by atoms with E-state index in [-0.39, 0.29) is 18.1 Å². The van der Waals surface area contributed by atoms with E-state index < -0.39 is 15.6 Å². The van der Waals surface area contributed by atoms with Crippen LogP contribution in [0.2, 0.25) is 0 Å². The second-order valence-corrected chi connectivity index (χ2v) is 6.97. The summed E-state index contributed by atoms with van der Waals surface area (Å²) in [6, 6.07) is 6.15. The first kappa shape index (κ1) is 16.9. The van der Waals surface area contributed by atoms with E-state index in [0.29, 0.717) is 5.75 Å². The molecule has 6 heteroatoms. The Morgan fingerprint density at radius 3 is 2.35 bits per heavy atom. The summed E-state index contributed by atoms with van der Waals surface area (Å²) in [5.74, 6) is 0.533. The van der Waals surface area contributed by atoms with Crippen LogP contribution in [0.1, 0.15) is 33.6 Å². The number of hydrogen-bond donors (Lipinski definition) is 2. The van der Waals surface area contributed by atoms with Crippen molar-refractivity contribution in [1.82, 2.24) is 4.72 Å². The molecule has 0 spiro atoms. The zero-order valence-electron chi connectivity index (χ0n) is 12.2. The SMILES string of the molecule is CCCC(C)(C)NS(=O)(=O)c1ccc(OCCO)cc1. The van der Waals surface area contributed by atoms with Crippen LogP contribution in [0.5, 0.6) is 5.75 Å². The van der Waals surface area contributed by atoms with Crippen LogP contribution in [0.4, 0.5) is 0 Å². The predicted molar refractivity (Wildman–Crippen MR) is 78.3 cm³/mol. The van der Waals surface area contributed by atoms with Gasteiger partial charge in [0, 0.05) is 5.54 Å². The first-order valence-electron chi connectivity index (χ1n) is 6.68. The van der Waals surface area contributed by atoms with E-state index in [1.54, 1.807) is 12.1 Å². The van der Waals surface area contributed by atoms with Crippen molar-refractivity contribution in [2.75, 3.05) is 13.2 Å². The summed E-state index contributed by atoms with van der Waals surface area (Å²) < 4.78 is 32.4. The largest absolute Gasteiger partial charge is 0.491 e. The van der Waals surface area contributed by atoms with Crippen LogP contribution >= 0.6 is 0 Å². The molecule has 20 heavy (non-hydrogen) atoms. The van der Waals surface area contributed by atoms with Crippen molar-refractivity contribution in [3.8, 4) is 5.75 Å². The number of benzene rings is 1. The van der Waals surface area contributed by atoms with Crippen molar-refractivity contribution < 1.29 is 18.3 Å². The predicted octanol–water partition coefficient (Wildman–Crippen LogP) is 1.91. The molecular weight excluding hydrogens is 278 g/mol. The Kier molecular flexibility index (Phi) is 5.98. The van der Waals surface area contributed by atoms with Crippen LogP contribution in [0.3, 0.4) is 0 Å². The lowest BCUT2D eigenvalue weighted by Gasteiger charge is -2.25. The number of aliphatic hydroxyl groups is 1. The molecule has 0 unspecified atom stereocenters. The molecule has 0 aliphatic carbocycles. The third-order valence-corrected chi connectivity index (χ3v) is 4.49. The molecule has 0 bridgehead atoms. The summed E-state index contributed by atoms with van der Waals surface area (Å²) in [5, 5.41) is 8.66. The average Bonchev–Trinajstić information content (AvgIpc) is 2.35. The van der Waals surface area contributed by atoms with Crippen molar-refractivity contribution >= 4 is 10.0 Å². The minimum absolute atomic E-state index is 0.0766. The molecule has 1 aromatic carbocycles. The van der Waals surface area contributed by atoms with E-state index >= 15 is 0 Å². The van der Waals surface area contributed by atoms with Crippen molar-refractivity contribution in [2.24, 2.45) is 0 Å². The van der Waals surface area contributed by atoms with Gasteiger partial charge in [-0.15, -0.1) is 0 Å². The van der Waals surface area contributed by atoms with Gasteiger partial charge in [0.15, 0.2) is 0 Å². The van der Waals surface area contributed by atoms with Crippen LogP contribution in [-0.2, 0) is 10.0 Å². The van der Waals surface area contributed by atoms with E-state index in [2.05, 4.69) is 4.72 Å². The highest BCUT2D eigenvalue weighted by molar-refractivity contribution is 7.89. The molecule has 0 aliphatic heterocycles. The van der Waals surface area contributed by atoms with Gasteiger partial charge in [0.2, 0.25) is 10.0 Å². The Morgan fingerprint density at radius 1 is 1.25 bits per heavy atom. The summed E-state index contributed by atoms with van der Waals surface area (Å²) in [5.41, 5.74) is -0.473. The molecule has 0 saturated carbocycles. The molecule has 0 saturated heterocycles. The number of sulfonamides is 1. The maximum absolute atomic E-state index is 12.3. The fourth-order valence-corrected chi connectivity index (χ4v) is 3.42. The lowest BCUT2D eigenvalue weighted by molar-refractivity contribution is 0.201. The number of ether oxygens (including phenoxy) is 1. The van der Waals surface area contributed by atoms with Gasteiger partial charge in [0.1, 0.15) is 12.4 Å².